The van der Waals surface area contributed by atoms with Gasteiger partial charge in [0.25, 0.3) is 0 Å². The van der Waals surface area contributed by atoms with Crippen LogP contribution in [-0.2, 0) is 14.8 Å². The molecule has 1 aromatic carbocycles. The second kappa shape index (κ2) is 5.29. The molecule has 2 rings (SSSR count). The fourth-order valence-electron chi connectivity index (χ4n) is 2.15. The fraction of sp³-hybridized carbons (Fsp3) is 0.462. The predicted molar refractivity (Wildman–Crippen MR) is 69.9 cm³/mol. The van der Waals surface area contributed by atoms with Crippen molar-refractivity contribution in [3.8, 4) is 6.07 Å². The van der Waals surface area contributed by atoms with E-state index in [1.807, 2.05) is 19.9 Å². The van der Waals surface area contributed by atoms with Crippen LogP contribution in [0.4, 0.5) is 0 Å². The number of sulfonamides is 1. The van der Waals surface area contributed by atoms with Gasteiger partial charge in [-0.15, -0.1) is 0 Å². The summed E-state index contributed by atoms with van der Waals surface area (Å²) in [7, 11) is -3.66. The van der Waals surface area contributed by atoms with Gasteiger partial charge in [-0.05, 0) is 26.0 Å². The van der Waals surface area contributed by atoms with Crippen LogP contribution in [0.15, 0.2) is 29.2 Å². The fourth-order valence-corrected chi connectivity index (χ4v) is 3.97. The van der Waals surface area contributed by atoms with E-state index in [-0.39, 0.29) is 22.6 Å². The second-order valence-corrected chi connectivity index (χ2v) is 6.40. The molecule has 19 heavy (non-hydrogen) atoms. The van der Waals surface area contributed by atoms with Crippen LogP contribution in [0, 0.1) is 11.3 Å². The molecule has 6 heteroatoms. The van der Waals surface area contributed by atoms with Crippen molar-refractivity contribution in [2.75, 3.05) is 13.2 Å². The van der Waals surface area contributed by atoms with Crippen LogP contribution < -0.4 is 0 Å². The van der Waals surface area contributed by atoms with Crippen molar-refractivity contribution in [1.82, 2.24) is 4.31 Å². The maximum Gasteiger partial charge on any atom is 0.244 e. The maximum atomic E-state index is 12.6. The number of ether oxygens (including phenoxy) is 1. The van der Waals surface area contributed by atoms with Gasteiger partial charge in [0.05, 0.1) is 23.2 Å². The van der Waals surface area contributed by atoms with Crippen molar-refractivity contribution in [1.29, 1.82) is 5.26 Å². The molecule has 102 valence electrons. The molecule has 0 aromatic heterocycles. The summed E-state index contributed by atoms with van der Waals surface area (Å²) >= 11 is 0. The van der Waals surface area contributed by atoms with Gasteiger partial charge in [0.15, 0.2) is 0 Å². The highest BCUT2D eigenvalue weighted by Crippen LogP contribution is 2.25. The van der Waals surface area contributed by atoms with Crippen molar-refractivity contribution in [3.63, 3.8) is 0 Å². The first-order valence-electron chi connectivity index (χ1n) is 6.11. The Morgan fingerprint density at radius 3 is 2.74 bits per heavy atom. The molecule has 2 atom stereocenters. The van der Waals surface area contributed by atoms with E-state index in [0.717, 1.165) is 0 Å². The largest absolute Gasteiger partial charge is 0.375 e. The Kier molecular flexibility index (Phi) is 3.90. The van der Waals surface area contributed by atoms with Gasteiger partial charge in [-0.25, -0.2) is 8.42 Å². The third-order valence-electron chi connectivity index (χ3n) is 3.42. The molecule has 1 fully saturated rings. The Morgan fingerprint density at radius 1 is 1.37 bits per heavy atom. The molecule has 1 aliphatic rings. The summed E-state index contributed by atoms with van der Waals surface area (Å²) in [6, 6.07) is 7.96. The van der Waals surface area contributed by atoms with E-state index in [1.54, 1.807) is 12.1 Å². The number of morpholine rings is 1. The first-order chi connectivity index (χ1) is 8.98. The lowest BCUT2D eigenvalue weighted by Crippen LogP contribution is -2.51. The van der Waals surface area contributed by atoms with Crippen LogP contribution in [0.5, 0.6) is 0 Å². The number of nitrogens with zero attached hydrogens (tertiary/aromatic N) is 2. The number of rotatable bonds is 2. The predicted octanol–water partition coefficient (Wildman–Crippen LogP) is 1.36. The van der Waals surface area contributed by atoms with Crippen molar-refractivity contribution in [3.05, 3.63) is 29.8 Å². The summed E-state index contributed by atoms with van der Waals surface area (Å²) < 4.78 is 32.1. The van der Waals surface area contributed by atoms with Crippen LogP contribution in [0.1, 0.15) is 19.4 Å². The zero-order valence-electron chi connectivity index (χ0n) is 10.9. The molecule has 0 radical (unpaired) electrons. The number of benzene rings is 1. The molecular formula is C13H16N2O3S. The van der Waals surface area contributed by atoms with Crippen LogP contribution in [0.2, 0.25) is 0 Å². The van der Waals surface area contributed by atoms with E-state index >= 15 is 0 Å². The van der Waals surface area contributed by atoms with Gasteiger partial charge < -0.3 is 4.74 Å². The molecular weight excluding hydrogens is 264 g/mol. The summed E-state index contributed by atoms with van der Waals surface area (Å²) in [5.41, 5.74) is 0.175. The van der Waals surface area contributed by atoms with Gasteiger partial charge in [0.1, 0.15) is 6.07 Å². The molecule has 0 N–H and O–H groups in total. The molecule has 0 aliphatic carbocycles. The van der Waals surface area contributed by atoms with Crippen LogP contribution in [0.25, 0.3) is 0 Å². The Bertz CT molecular complexity index is 607. The van der Waals surface area contributed by atoms with E-state index in [2.05, 4.69) is 0 Å². The molecule has 0 bridgehead atoms. The standard InChI is InChI=1S/C13H16N2O3S/c1-10-11(2)18-8-7-15(10)19(16,17)13-6-4-3-5-12(13)9-14/h3-6,10-11H,7-8H2,1-2H3. The Balaban J connectivity index is 2.45. The van der Waals surface area contributed by atoms with Crippen molar-refractivity contribution >= 4 is 10.0 Å². The van der Waals surface area contributed by atoms with Crippen molar-refractivity contribution < 1.29 is 13.2 Å². The minimum atomic E-state index is -3.66. The summed E-state index contributed by atoms with van der Waals surface area (Å²) in [6.45, 7) is 4.35. The van der Waals surface area contributed by atoms with Gasteiger partial charge in [-0.1, -0.05) is 12.1 Å². The average molecular weight is 280 g/mol. The number of nitriles is 1. The quantitative estimate of drug-likeness (QED) is 0.820. The Labute approximate surface area is 113 Å². The van der Waals surface area contributed by atoms with Gasteiger partial charge >= 0.3 is 0 Å². The molecule has 2 unspecified atom stereocenters. The van der Waals surface area contributed by atoms with Crippen LogP contribution in [-0.4, -0.2) is 38.0 Å². The summed E-state index contributed by atoms with van der Waals surface area (Å²) in [6.07, 6.45) is -0.155. The lowest BCUT2D eigenvalue weighted by Gasteiger charge is -2.36. The second-order valence-electron chi connectivity index (χ2n) is 4.54. The maximum absolute atomic E-state index is 12.6. The molecule has 0 amide bonds. The SMILES string of the molecule is CC1OCCN(S(=O)(=O)c2ccccc2C#N)C1C. The van der Waals surface area contributed by atoms with Crippen molar-refractivity contribution in [2.24, 2.45) is 0 Å². The molecule has 1 saturated heterocycles. The van der Waals surface area contributed by atoms with E-state index in [4.69, 9.17) is 10.00 Å². The number of hydrogen-bond acceptors (Lipinski definition) is 4. The van der Waals surface area contributed by atoms with Crippen LogP contribution in [0.3, 0.4) is 0 Å². The minimum Gasteiger partial charge on any atom is -0.375 e. The van der Waals surface area contributed by atoms with E-state index < -0.39 is 10.0 Å². The van der Waals surface area contributed by atoms with Gasteiger partial charge in [0.2, 0.25) is 10.0 Å². The zero-order chi connectivity index (χ0) is 14.0. The summed E-state index contributed by atoms with van der Waals surface area (Å²) in [4.78, 5) is 0.0680. The minimum absolute atomic E-state index is 0.0680. The summed E-state index contributed by atoms with van der Waals surface area (Å²) in [5.74, 6) is 0. The molecule has 1 heterocycles. The normalized spacial score (nSPS) is 24.9. The molecule has 5 nitrogen and oxygen atoms in total. The van der Waals surface area contributed by atoms with E-state index in [9.17, 15) is 8.42 Å². The molecule has 1 aromatic rings. The third kappa shape index (κ3) is 2.50. The van der Waals surface area contributed by atoms with E-state index in [1.165, 1.54) is 16.4 Å². The van der Waals surface area contributed by atoms with Gasteiger partial charge in [-0.3, -0.25) is 0 Å². The van der Waals surface area contributed by atoms with Crippen LogP contribution >= 0.6 is 0 Å². The molecule has 0 saturated carbocycles. The zero-order valence-corrected chi connectivity index (χ0v) is 11.7. The first-order valence-corrected chi connectivity index (χ1v) is 7.55. The highest BCUT2D eigenvalue weighted by atomic mass is 32.2. The third-order valence-corrected chi connectivity index (χ3v) is 5.46. The van der Waals surface area contributed by atoms with Gasteiger partial charge in [-0.2, -0.15) is 9.57 Å². The average Bonchev–Trinajstić information content (AvgIpc) is 2.41. The smallest absolute Gasteiger partial charge is 0.244 e. The van der Waals surface area contributed by atoms with Crippen molar-refractivity contribution in [2.45, 2.75) is 30.9 Å². The Hall–Kier alpha value is -1.42. The first kappa shape index (κ1) is 14.0. The lowest BCUT2D eigenvalue weighted by atomic mass is 10.2. The number of hydrogen-bond donors (Lipinski definition) is 0. The summed E-state index contributed by atoms with van der Waals surface area (Å²) in [5, 5.41) is 9.04. The molecule has 0 spiro atoms. The topological polar surface area (TPSA) is 70.4 Å². The Morgan fingerprint density at radius 2 is 2.05 bits per heavy atom. The molecule has 1 aliphatic heterocycles. The lowest BCUT2D eigenvalue weighted by molar-refractivity contribution is -0.0232. The van der Waals surface area contributed by atoms with E-state index in [0.29, 0.717) is 13.2 Å². The highest BCUT2D eigenvalue weighted by molar-refractivity contribution is 7.89. The monoisotopic (exact) mass is 280 g/mol. The van der Waals surface area contributed by atoms with Gasteiger partial charge in [0, 0.05) is 12.6 Å². The highest BCUT2D eigenvalue weighted by Gasteiger charge is 2.36.